The number of carbonyl (C=O) groups excluding carboxylic acids is 4. The minimum Gasteiger partial charge on any atom is -0.456 e. The molecule has 0 saturated carbocycles. The van der Waals surface area contributed by atoms with E-state index in [4.69, 9.17) is 4.74 Å². The minimum absolute atomic E-state index is 0.168. The summed E-state index contributed by atoms with van der Waals surface area (Å²) in [6.45, 7) is 5.74. The van der Waals surface area contributed by atoms with Crippen LogP contribution in [0.25, 0.3) is 22.3 Å². The summed E-state index contributed by atoms with van der Waals surface area (Å²) >= 11 is 0. The van der Waals surface area contributed by atoms with Crippen LogP contribution in [0, 0.1) is 0 Å². The van der Waals surface area contributed by atoms with E-state index in [9.17, 15) is 19.2 Å². The van der Waals surface area contributed by atoms with Gasteiger partial charge in [-0.2, -0.15) is 0 Å². The highest BCUT2D eigenvalue weighted by Crippen LogP contribution is 2.41. The summed E-state index contributed by atoms with van der Waals surface area (Å²) in [5.41, 5.74) is 5.54. The highest BCUT2D eigenvalue weighted by molar-refractivity contribution is 5.92. The maximum Gasteiger partial charge on any atom is 0.221 e. The zero-order valence-electron chi connectivity index (χ0n) is 23.1. The van der Waals surface area contributed by atoms with Crippen LogP contribution in [0.4, 0.5) is 22.7 Å². The second-order valence-electron chi connectivity index (χ2n) is 9.40. The van der Waals surface area contributed by atoms with E-state index in [1.807, 2.05) is 36.4 Å². The van der Waals surface area contributed by atoms with Crippen molar-refractivity contribution in [2.45, 2.75) is 27.7 Å². The van der Waals surface area contributed by atoms with Gasteiger partial charge in [0.05, 0.1) is 0 Å². The van der Waals surface area contributed by atoms with Gasteiger partial charge in [-0.05, 0) is 59.7 Å². The monoisotopic (exact) mass is 550 g/mol. The molecule has 0 aliphatic carbocycles. The number of hydrogen-bond donors (Lipinski definition) is 4. The lowest BCUT2D eigenvalue weighted by atomic mass is 10.0. The van der Waals surface area contributed by atoms with Gasteiger partial charge in [-0.25, -0.2) is 0 Å². The average molecular weight is 551 g/mol. The SMILES string of the molecule is CC(=O)Nc1ccc(-c2ccc(NC(C)=O)cc2Oc2cc(NC(C)=O)ccc2-c2ccc(NC(C)=O)cc2)cc1. The Morgan fingerprint density at radius 2 is 0.732 bits per heavy atom. The molecule has 0 unspecified atom stereocenters. The molecule has 4 aromatic carbocycles. The van der Waals surface area contributed by atoms with Crippen molar-refractivity contribution in [2.24, 2.45) is 0 Å². The fourth-order valence-electron chi connectivity index (χ4n) is 4.24. The molecule has 0 fully saturated rings. The molecule has 4 aromatic rings. The zero-order valence-corrected chi connectivity index (χ0v) is 23.1. The molecule has 9 nitrogen and oxygen atoms in total. The molecule has 9 heteroatoms. The van der Waals surface area contributed by atoms with Gasteiger partial charge < -0.3 is 26.0 Å². The van der Waals surface area contributed by atoms with Crippen LogP contribution in [0.3, 0.4) is 0 Å². The van der Waals surface area contributed by atoms with Crippen molar-refractivity contribution in [3.63, 3.8) is 0 Å². The Morgan fingerprint density at radius 1 is 0.439 bits per heavy atom. The molecule has 0 aliphatic rings. The second-order valence-corrected chi connectivity index (χ2v) is 9.40. The summed E-state index contributed by atoms with van der Waals surface area (Å²) in [5, 5.41) is 11.1. The Kier molecular flexibility index (Phi) is 8.79. The Bertz CT molecular complexity index is 1490. The highest BCUT2D eigenvalue weighted by Gasteiger charge is 2.15. The Morgan fingerprint density at radius 3 is 1.05 bits per heavy atom. The topological polar surface area (TPSA) is 126 Å². The first-order chi connectivity index (χ1) is 19.6. The lowest BCUT2D eigenvalue weighted by Crippen LogP contribution is -2.07. The van der Waals surface area contributed by atoms with Gasteiger partial charge in [-0.3, -0.25) is 19.2 Å². The lowest BCUT2D eigenvalue weighted by Gasteiger charge is -2.18. The van der Waals surface area contributed by atoms with E-state index in [1.165, 1.54) is 27.7 Å². The van der Waals surface area contributed by atoms with Crippen LogP contribution in [-0.4, -0.2) is 23.6 Å². The van der Waals surface area contributed by atoms with Crippen LogP contribution >= 0.6 is 0 Å². The number of benzene rings is 4. The summed E-state index contributed by atoms with van der Waals surface area (Å²) < 4.78 is 6.54. The lowest BCUT2D eigenvalue weighted by molar-refractivity contribution is -0.115. The Balaban J connectivity index is 1.80. The molecule has 41 heavy (non-hydrogen) atoms. The first-order valence-electron chi connectivity index (χ1n) is 12.8. The molecular weight excluding hydrogens is 520 g/mol. The van der Waals surface area contributed by atoms with Crippen molar-refractivity contribution >= 4 is 46.4 Å². The van der Waals surface area contributed by atoms with E-state index in [1.54, 1.807) is 48.5 Å². The summed E-state index contributed by atoms with van der Waals surface area (Å²) in [5.74, 6) is 0.127. The van der Waals surface area contributed by atoms with Gasteiger partial charge in [0.25, 0.3) is 0 Å². The summed E-state index contributed by atoms with van der Waals surface area (Å²) in [6, 6.07) is 25.3. The van der Waals surface area contributed by atoms with E-state index in [2.05, 4.69) is 21.3 Å². The quantitative estimate of drug-likeness (QED) is 0.196. The molecule has 0 atom stereocenters. The molecule has 0 heterocycles. The molecule has 0 radical (unpaired) electrons. The normalized spacial score (nSPS) is 10.3. The van der Waals surface area contributed by atoms with E-state index >= 15 is 0 Å². The number of nitrogens with one attached hydrogen (secondary N) is 4. The maximum absolute atomic E-state index is 11.8. The fraction of sp³-hybridized carbons (Fsp3) is 0.125. The molecule has 0 saturated heterocycles. The summed E-state index contributed by atoms with van der Waals surface area (Å²) in [7, 11) is 0. The number of anilines is 4. The summed E-state index contributed by atoms with van der Waals surface area (Å²) in [4.78, 5) is 46.5. The molecule has 0 spiro atoms. The second kappa shape index (κ2) is 12.6. The Labute approximate surface area is 237 Å². The van der Waals surface area contributed by atoms with Gasteiger partial charge in [-0.15, -0.1) is 0 Å². The molecule has 0 aliphatic heterocycles. The molecule has 0 aromatic heterocycles. The van der Waals surface area contributed by atoms with E-state index in [0.29, 0.717) is 34.2 Å². The number of ether oxygens (including phenoxy) is 1. The van der Waals surface area contributed by atoms with Crippen LogP contribution in [0.15, 0.2) is 84.9 Å². The molecule has 0 bridgehead atoms. The van der Waals surface area contributed by atoms with Gasteiger partial charge in [0.15, 0.2) is 0 Å². The van der Waals surface area contributed by atoms with Crippen LogP contribution in [-0.2, 0) is 19.2 Å². The van der Waals surface area contributed by atoms with Crippen LogP contribution in [0.5, 0.6) is 11.5 Å². The molecule has 4 amide bonds. The molecule has 4 N–H and O–H groups in total. The maximum atomic E-state index is 11.8. The van der Waals surface area contributed by atoms with Gasteiger partial charge in [0.1, 0.15) is 11.5 Å². The van der Waals surface area contributed by atoms with E-state index in [-0.39, 0.29) is 23.6 Å². The van der Waals surface area contributed by atoms with Crippen molar-refractivity contribution in [3.05, 3.63) is 84.9 Å². The predicted molar refractivity (Wildman–Crippen MR) is 161 cm³/mol. The van der Waals surface area contributed by atoms with Crippen molar-refractivity contribution in [2.75, 3.05) is 21.3 Å². The Hall–Kier alpha value is -5.44. The fourth-order valence-corrected chi connectivity index (χ4v) is 4.24. The highest BCUT2D eigenvalue weighted by atomic mass is 16.5. The van der Waals surface area contributed by atoms with Crippen LogP contribution < -0.4 is 26.0 Å². The number of amides is 4. The van der Waals surface area contributed by atoms with Crippen molar-refractivity contribution in [1.29, 1.82) is 0 Å². The zero-order chi connectivity index (χ0) is 29.5. The average Bonchev–Trinajstić information content (AvgIpc) is 2.89. The largest absolute Gasteiger partial charge is 0.456 e. The third-order valence-corrected chi connectivity index (χ3v) is 5.86. The van der Waals surface area contributed by atoms with Gasteiger partial charge in [0, 0.05) is 73.7 Å². The first-order valence-corrected chi connectivity index (χ1v) is 12.8. The molecule has 208 valence electrons. The number of carbonyl (C=O) groups is 4. The van der Waals surface area contributed by atoms with Crippen molar-refractivity contribution < 1.29 is 23.9 Å². The standard InChI is InChI=1S/C32H30N4O5/c1-19(37)33-25-9-5-23(6-10-25)29-15-13-27(35-21(3)39)17-31(29)41-32-18-28(36-22(4)40)14-16-30(32)24-7-11-26(12-8-24)34-20(2)38/h5-18H,1-4H3,(H,33,37)(H,34,38)(H,35,39)(H,36,40). The van der Waals surface area contributed by atoms with Gasteiger partial charge in [-0.1, -0.05) is 24.3 Å². The van der Waals surface area contributed by atoms with Crippen LogP contribution in [0.2, 0.25) is 0 Å². The first kappa shape index (κ1) is 28.6. The third-order valence-electron chi connectivity index (χ3n) is 5.86. The predicted octanol–water partition coefficient (Wildman–Crippen LogP) is 6.65. The van der Waals surface area contributed by atoms with Crippen LogP contribution in [0.1, 0.15) is 27.7 Å². The smallest absolute Gasteiger partial charge is 0.221 e. The van der Waals surface area contributed by atoms with Gasteiger partial charge >= 0.3 is 0 Å². The van der Waals surface area contributed by atoms with Crippen molar-refractivity contribution in [3.8, 4) is 33.8 Å². The molecule has 4 rings (SSSR count). The van der Waals surface area contributed by atoms with Crippen molar-refractivity contribution in [1.82, 2.24) is 0 Å². The summed E-state index contributed by atoms with van der Waals surface area (Å²) in [6.07, 6.45) is 0. The third kappa shape index (κ3) is 7.79. The molecular formula is C32H30N4O5. The van der Waals surface area contributed by atoms with Gasteiger partial charge in [0.2, 0.25) is 23.6 Å². The van der Waals surface area contributed by atoms with E-state index < -0.39 is 0 Å². The number of rotatable bonds is 8. The van der Waals surface area contributed by atoms with E-state index in [0.717, 1.165) is 22.3 Å². The minimum atomic E-state index is -0.226. The number of hydrogen-bond acceptors (Lipinski definition) is 5.